The Balaban J connectivity index is 0.00000385. The van der Waals surface area contributed by atoms with Gasteiger partial charge in [0.2, 0.25) is 0 Å². The van der Waals surface area contributed by atoms with Crippen LogP contribution in [0.4, 0.5) is 13.2 Å². The summed E-state index contributed by atoms with van der Waals surface area (Å²) in [5.41, 5.74) is 0.265. The van der Waals surface area contributed by atoms with Crippen LogP contribution in [0.1, 0.15) is 24.5 Å². The smallest absolute Gasteiger partial charge is 0.416 e. The van der Waals surface area contributed by atoms with Crippen LogP contribution in [0.2, 0.25) is 0 Å². The number of hydrogen-bond acceptors (Lipinski definition) is 4. The Kier molecular flexibility index (Phi) is 9.95. The summed E-state index contributed by atoms with van der Waals surface area (Å²) < 4.78 is 46.3. The molecule has 0 spiro atoms. The molecule has 2 N–H and O–H groups in total. The zero-order valence-corrected chi connectivity index (χ0v) is 20.5. The highest BCUT2D eigenvalue weighted by atomic mass is 127. The van der Waals surface area contributed by atoms with E-state index in [0.29, 0.717) is 25.5 Å². The molecule has 2 heterocycles. The van der Waals surface area contributed by atoms with E-state index in [2.05, 4.69) is 25.6 Å². The van der Waals surface area contributed by atoms with Crippen LogP contribution in [0, 0.1) is 0 Å². The summed E-state index contributed by atoms with van der Waals surface area (Å²) >= 11 is 0. The maximum Gasteiger partial charge on any atom is 0.416 e. The van der Waals surface area contributed by atoms with Crippen molar-refractivity contribution >= 4 is 29.9 Å². The Morgan fingerprint density at radius 1 is 1.18 bits per heavy atom. The monoisotopic (exact) mass is 574 g/mol. The molecule has 2 aromatic heterocycles. The van der Waals surface area contributed by atoms with Crippen molar-refractivity contribution in [3.05, 3.63) is 72.4 Å². The van der Waals surface area contributed by atoms with Crippen LogP contribution in [0.25, 0.3) is 5.82 Å². The predicted molar refractivity (Wildman–Crippen MR) is 131 cm³/mol. The lowest BCUT2D eigenvalue weighted by Gasteiger charge is -2.20. The number of rotatable bonds is 8. The fourth-order valence-electron chi connectivity index (χ4n) is 2.93. The van der Waals surface area contributed by atoms with Crippen molar-refractivity contribution in [1.29, 1.82) is 0 Å². The highest BCUT2D eigenvalue weighted by molar-refractivity contribution is 14.0. The second kappa shape index (κ2) is 12.4. The van der Waals surface area contributed by atoms with Gasteiger partial charge < -0.3 is 15.4 Å². The third-order valence-corrected chi connectivity index (χ3v) is 4.68. The van der Waals surface area contributed by atoms with E-state index in [4.69, 9.17) is 4.74 Å². The van der Waals surface area contributed by atoms with E-state index in [1.54, 1.807) is 25.8 Å². The zero-order valence-electron chi connectivity index (χ0n) is 18.2. The van der Waals surface area contributed by atoms with Crippen LogP contribution < -0.4 is 15.4 Å². The first-order valence-corrected chi connectivity index (χ1v) is 10.1. The Bertz CT molecular complexity index is 1030. The number of guanidine groups is 1. The van der Waals surface area contributed by atoms with Crippen molar-refractivity contribution in [2.24, 2.45) is 4.99 Å². The standard InChI is InChI=1S/C22H25F3N6O.HI/c1-3-18(32-19-6-4-5-17(12-19)22(23,24)25)14-30-21(26-2)29-13-16-7-8-28-20(11-16)31-10-9-27-15-31;/h4-12,15,18H,3,13-14H2,1-2H3,(H2,26,29,30);1H. The number of alkyl halides is 3. The number of aliphatic imine (C=N–C) groups is 1. The van der Waals surface area contributed by atoms with Gasteiger partial charge in [-0.05, 0) is 42.3 Å². The van der Waals surface area contributed by atoms with Gasteiger partial charge in [0.1, 0.15) is 24.0 Å². The summed E-state index contributed by atoms with van der Waals surface area (Å²) in [6.45, 7) is 2.79. The number of nitrogens with one attached hydrogen (secondary N) is 2. The molecule has 7 nitrogen and oxygen atoms in total. The lowest BCUT2D eigenvalue weighted by molar-refractivity contribution is -0.137. The molecule has 0 amide bonds. The average Bonchev–Trinajstić information content (AvgIpc) is 3.33. The van der Waals surface area contributed by atoms with Crippen LogP contribution in [0.15, 0.2) is 66.3 Å². The lowest BCUT2D eigenvalue weighted by Crippen LogP contribution is -2.42. The molecule has 0 saturated carbocycles. The third-order valence-electron chi connectivity index (χ3n) is 4.68. The molecule has 0 fully saturated rings. The molecule has 0 aliphatic rings. The second-order valence-corrected chi connectivity index (χ2v) is 6.97. The van der Waals surface area contributed by atoms with Gasteiger partial charge in [0.05, 0.1) is 12.1 Å². The largest absolute Gasteiger partial charge is 0.489 e. The summed E-state index contributed by atoms with van der Waals surface area (Å²) in [6.07, 6.45) is 2.77. The summed E-state index contributed by atoms with van der Waals surface area (Å²) in [5.74, 6) is 1.49. The molecule has 33 heavy (non-hydrogen) atoms. The minimum atomic E-state index is -4.41. The summed E-state index contributed by atoms with van der Waals surface area (Å²) in [4.78, 5) is 12.5. The minimum absolute atomic E-state index is 0. The molecule has 0 aliphatic carbocycles. The molecule has 0 bridgehead atoms. The van der Waals surface area contributed by atoms with Crippen molar-refractivity contribution in [1.82, 2.24) is 25.2 Å². The number of halogens is 4. The highest BCUT2D eigenvalue weighted by Gasteiger charge is 2.30. The fourth-order valence-corrected chi connectivity index (χ4v) is 2.93. The SMILES string of the molecule is CCC(CNC(=NC)NCc1ccnc(-n2ccnc2)c1)Oc1cccc(C(F)(F)F)c1.I. The molecule has 1 atom stereocenters. The van der Waals surface area contributed by atoms with E-state index in [9.17, 15) is 13.2 Å². The summed E-state index contributed by atoms with van der Waals surface area (Å²) in [7, 11) is 1.65. The molecule has 0 aliphatic heterocycles. The van der Waals surface area contributed by atoms with Gasteiger partial charge in [-0.15, -0.1) is 24.0 Å². The van der Waals surface area contributed by atoms with Gasteiger partial charge >= 0.3 is 6.18 Å². The molecule has 1 unspecified atom stereocenters. The van der Waals surface area contributed by atoms with E-state index in [-0.39, 0.29) is 35.8 Å². The number of ether oxygens (including phenoxy) is 1. The van der Waals surface area contributed by atoms with Crippen LogP contribution in [-0.2, 0) is 12.7 Å². The normalized spacial score (nSPS) is 12.6. The Morgan fingerprint density at radius 2 is 2.00 bits per heavy atom. The van der Waals surface area contributed by atoms with Gasteiger partial charge in [-0.1, -0.05) is 13.0 Å². The molecule has 3 rings (SSSR count). The van der Waals surface area contributed by atoms with E-state index in [1.165, 1.54) is 12.1 Å². The maximum absolute atomic E-state index is 12.9. The number of nitrogens with zero attached hydrogens (tertiary/aromatic N) is 4. The molecule has 3 aromatic rings. The van der Waals surface area contributed by atoms with Gasteiger partial charge in [-0.2, -0.15) is 13.2 Å². The van der Waals surface area contributed by atoms with Crippen molar-refractivity contribution in [3.63, 3.8) is 0 Å². The predicted octanol–water partition coefficient (Wildman–Crippen LogP) is 4.43. The Hall–Kier alpha value is -2.83. The Labute approximate surface area is 207 Å². The van der Waals surface area contributed by atoms with E-state index < -0.39 is 11.7 Å². The van der Waals surface area contributed by atoms with Gasteiger partial charge in [-0.25, -0.2) is 9.97 Å². The second-order valence-electron chi connectivity index (χ2n) is 6.97. The number of imidazole rings is 1. The van der Waals surface area contributed by atoms with E-state index in [0.717, 1.165) is 23.5 Å². The van der Waals surface area contributed by atoms with Crippen molar-refractivity contribution in [2.75, 3.05) is 13.6 Å². The molecule has 178 valence electrons. The van der Waals surface area contributed by atoms with E-state index >= 15 is 0 Å². The molecular formula is C22H26F3IN6O. The average molecular weight is 574 g/mol. The van der Waals surface area contributed by atoms with Crippen molar-refractivity contribution in [2.45, 2.75) is 32.2 Å². The first-order chi connectivity index (χ1) is 15.4. The quantitative estimate of drug-likeness (QED) is 0.237. The Morgan fingerprint density at radius 3 is 2.67 bits per heavy atom. The number of hydrogen-bond donors (Lipinski definition) is 2. The van der Waals surface area contributed by atoms with Gasteiger partial charge in [0, 0.05) is 32.2 Å². The number of aromatic nitrogens is 3. The van der Waals surface area contributed by atoms with Crippen LogP contribution >= 0.6 is 24.0 Å². The van der Waals surface area contributed by atoms with Crippen molar-refractivity contribution < 1.29 is 17.9 Å². The van der Waals surface area contributed by atoms with Crippen LogP contribution in [-0.4, -0.2) is 40.2 Å². The topological polar surface area (TPSA) is 76.4 Å². The first kappa shape index (κ1) is 26.4. The van der Waals surface area contributed by atoms with E-state index in [1.807, 2.05) is 29.8 Å². The van der Waals surface area contributed by atoms with Crippen molar-refractivity contribution in [3.8, 4) is 11.6 Å². The molecule has 0 radical (unpaired) electrons. The van der Waals surface area contributed by atoms with Crippen LogP contribution in [0.3, 0.4) is 0 Å². The van der Waals surface area contributed by atoms with Gasteiger partial charge in [-0.3, -0.25) is 9.56 Å². The molecule has 1 aromatic carbocycles. The lowest BCUT2D eigenvalue weighted by atomic mass is 10.2. The summed E-state index contributed by atoms with van der Waals surface area (Å²) in [5, 5.41) is 6.37. The minimum Gasteiger partial charge on any atom is -0.489 e. The maximum atomic E-state index is 12.9. The highest BCUT2D eigenvalue weighted by Crippen LogP contribution is 2.31. The van der Waals surface area contributed by atoms with Gasteiger partial charge in [0.25, 0.3) is 0 Å². The molecule has 0 saturated heterocycles. The van der Waals surface area contributed by atoms with Crippen LogP contribution in [0.5, 0.6) is 5.75 Å². The molecule has 11 heteroatoms. The summed E-state index contributed by atoms with van der Waals surface area (Å²) in [6, 6.07) is 8.73. The molecular weight excluding hydrogens is 548 g/mol. The van der Waals surface area contributed by atoms with Gasteiger partial charge in [0.15, 0.2) is 5.96 Å². The fraction of sp³-hybridized carbons (Fsp3) is 0.318. The number of benzene rings is 1. The first-order valence-electron chi connectivity index (χ1n) is 10.1. The number of pyridine rings is 1. The zero-order chi connectivity index (χ0) is 23.0. The third kappa shape index (κ3) is 7.91.